The van der Waals surface area contributed by atoms with E-state index in [2.05, 4.69) is 15.0 Å². The van der Waals surface area contributed by atoms with Crippen LogP contribution in [0.4, 0.5) is 22.2 Å². The molecule has 0 spiro atoms. The van der Waals surface area contributed by atoms with Crippen LogP contribution in [0.15, 0.2) is 58.9 Å². The first-order valence-electron chi connectivity index (χ1n) is 7.93. The molecule has 3 rings (SSSR count). The van der Waals surface area contributed by atoms with Crippen molar-refractivity contribution in [1.29, 1.82) is 0 Å². The van der Waals surface area contributed by atoms with E-state index in [1.165, 1.54) is 24.4 Å². The van der Waals surface area contributed by atoms with Crippen LogP contribution >= 0.6 is 11.3 Å². The highest BCUT2D eigenvalue weighted by Crippen LogP contribution is 2.25. The molecule has 1 amide bonds. The third kappa shape index (κ3) is 4.73. The van der Waals surface area contributed by atoms with Gasteiger partial charge in [0.15, 0.2) is 5.13 Å². The standard InChI is InChI=1S/C16H11N5O7S2/c22-15(18-16-17-4-5-29-16)10-6-13(21(25)26)9-14(7-10)30(27,28)19-11-2-1-3-12(8-11)20(23)24/h1-9,19H,(H,17,18,22). The van der Waals surface area contributed by atoms with Crippen molar-refractivity contribution in [3.8, 4) is 0 Å². The number of sulfonamides is 1. The van der Waals surface area contributed by atoms with Crippen LogP contribution in [0.3, 0.4) is 0 Å². The van der Waals surface area contributed by atoms with E-state index < -0.39 is 36.4 Å². The summed E-state index contributed by atoms with van der Waals surface area (Å²) >= 11 is 1.11. The summed E-state index contributed by atoms with van der Waals surface area (Å²) in [5.41, 5.74) is -1.37. The maximum Gasteiger partial charge on any atom is 0.271 e. The highest BCUT2D eigenvalue weighted by Gasteiger charge is 2.23. The summed E-state index contributed by atoms with van der Waals surface area (Å²) in [5.74, 6) is -0.791. The molecule has 0 unspecified atom stereocenters. The van der Waals surface area contributed by atoms with Gasteiger partial charge in [-0.1, -0.05) is 6.07 Å². The Bertz CT molecular complexity index is 1240. The van der Waals surface area contributed by atoms with Gasteiger partial charge in [-0.15, -0.1) is 11.3 Å². The molecular weight excluding hydrogens is 438 g/mol. The van der Waals surface area contributed by atoms with Crippen molar-refractivity contribution >= 4 is 49.5 Å². The average Bonchev–Trinajstić information content (AvgIpc) is 3.20. The minimum Gasteiger partial charge on any atom is -0.298 e. The minimum atomic E-state index is -4.40. The number of amides is 1. The van der Waals surface area contributed by atoms with Crippen LogP contribution in [-0.4, -0.2) is 29.2 Å². The zero-order valence-corrected chi connectivity index (χ0v) is 16.3. The van der Waals surface area contributed by atoms with E-state index in [1.54, 1.807) is 5.38 Å². The maximum absolute atomic E-state index is 12.7. The van der Waals surface area contributed by atoms with Crippen LogP contribution in [0.25, 0.3) is 0 Å². The maximum atomic E-state index is 12.7. The molecule has 0 bridgehead atoms. The van der Waals surface area contributed by atoms with Gasteiger partial charge in [-0.3, -0.25) is 35.1 Å². The average molecular weight is 449 g/mol. The lowest BCUT2D eigenvalue weighted by atomic mass is 10.2. The van der Waals surface area contributed by atoms with E-state index >= 15 is 0 Å². The first-order valence-corrected chi connectivity index (χ1v) is 10.3. The molecule has 14 heteroatoms. The van der Waals surface area contributed by atoms with Crippen LogP contribution in [0.2, 0.25) is 0 Å². The van der Waals surface area contributed by atoms with Crippen molar-refractivity contribution < 1.29 is 23.1 Å². The van der Waals surface area contributed by atoms with Crippen molar-refractivity contribution in [2.45, 2.75) is 4.90 Å². The fourth-order valence-corrected chi connectivity index (χ4v) is 3.96. The number of hydrogen-bond donors (Lipinski definition) is 2. The van der Waals surface area contributed by atoms with Crippen molar-refractivity contribution in [3.05, 3.63) is 79.8 Å². The van der Waals surface area contributed by atoms with E-state index in [0.717, 1.165) is 35.6 Å². The number of rotatable bonds is 7. The lowest BCUT2D eigenvalue weighted by molar-refractivity contribution is -0.385. The molecule has 154 valence electrons. The molecule has 0 fully saturated rings. The summed E-state index contributed by atoms with van der Waals surface area (Å²) < 4.78 is 27.5. The number of benzene rings is 2. The van der Waals surface area contributed by atoms with Gasteiger partial charge in [0, 0.05) is 41.4 Å². The first-order chi connectivity index (χ1) is 14.2. The predicted octanol–water partition coefficient (Wildman–Crippen LogP) is 3.01. The molecule has 0 aliphatic heterocycles. The molecular formula is C16H11N5O7S2. The fraction of sp³-hybridized carbons (Fsp3) is 0. The Morgan fingerprint density at radius 2 is 1.77 bits per heavy atom. The molecule has 2 aromatic carbocycles. The topological polar surface area (TPSA) is 174 Å². The van der Waals surface area contributed by atoms with Crippen LogP contribution < -0.4 is 10.0 Å². The molecule has 0 saturated carbocycles. The highest BCUT2D eigenvalue weighted by molar-refractivity contribution is 7.92. The van der Waals surface area contributed by atoms with E-state index in [9.17, 15) is 33.4 Å². The number of nitro groups is 2. The highest BCUT2D eigenvalue weighted by atomic mass is 32.2. The molecule has 3 aromatic rings. The van der Waals surface area contributed by atoms with Crippen molar-refractivity contribution in [2.75, 3.05) is 10.0 Å². The number of nitro benzene ring substituents is 2. The van der Waals surface area contributed by atoms with E-state index in [0.29, 0.717) is 0 Å². The lowest BCUT2D eigenvalue weighted by Crippen LogP contribution is -2.16. The fourth-order valence-electron chi connectivity index (χ4n) is 2.33. The second-order valence-electron chi connectivity index (χ2n) is 5.68. The number of hydrogen-bond acceptors (Lipinski definition) is 9. The third-order valence-corrected chi connectivity index (χ3v) is 5.69. The summed E-state index contributed by atoms with van der Waals surface area (Å²) in [7, 11) is -4.40. The van der Waals surface area contributed by atoms with Gasteiger partial charge in [0.05, 0.1) is 20.4 Å². The number of anilines is 2. The van der Waals surface area contributed by atoms with E-state index in [-0.39, 0.29) is 22.1 Å². The van der Waals surface area contributed by atoms with Gasteiger partial charge in [-0.25, -0.2) is 13.4 Å². The second-order valence-corrected chi connectivity index (χ2v) is 8.25. The molecule has 12 nitrogen and oxygen atoms in total. The van der Waals surface area contributed by atoms with Gasteiger partial charge < -0.3 is 0 Å². The van der Waals surface area contributed by atoms with E-state index in [1.807, 2.05) is 0 Å². The van der Waals surface area contributed by atoms with Gasteiger partial charge in [0.2, 0.25) is 0 Å². The van der Waals surface area contributed by atoms with Gasteiger partial charge >= 0.3 is 0 Å². The SMILES string of the molecule is O=C(Nc1nccs1)c1cc([N+](=O)[O-])cc(S(=O)(=O)Nc2cccc([N+](=O)[O-])c2)c1. The van der Waals surface area contributed by atoms with Crippen LogP contribution in [0, 0.1) is 20.2 Å². The normalized spacial score (nSPS) is 10.9. The molecule has 1 aromatic heterocycles. The van der Waals surface area contributed by atoms with Crippen LogP contribution in [0.5, 0.6) is 0 Å². The van der Waals surface area contributed by atoms with Crippen molar-refractivity contribution in [1.82, 2.24) is 4.98 Å². The number of aromatic nitrogens is 1. The quantitative estimate of drug-likeness (QED) is 0.409. The van der Waals surface area contributed by atoms with Gasteiger partial charge in [0.25, 0.3) is 27.3 Å². The Hall–Kier alpha value is -3.91. The van der Waals surface area contributed by atoms with Gasteiger partial charge in [0.1, 0.15) is 0 Å². The summed E-state index contributed by atoms with van der Waals surface area (Å²) in [6, 6.07) is 7.37. The zero-order chi connectivity index (χ0) is 21.9. The Morgan fingerprint density at radius 1 is 1.03 bits per heavy atom. The first kappa shape index (κ1) is 20.8. The Morgan fingerprint density at radius 3 is 2.40 bits per heavy atom. The summed E-state index contributed by atoms with van der Waals surface area (Å²) in [5, 5.41) is 26.3. The largest absolute Gasteiger partial charge is 0.298 e. The summed E-state index contributed by atoms with van der Waals surface area (Å²) in [6.45, 7) is 0. The van der Waals surface area contributed by atoms with Gasteiger partial charge in [-0.05, 0) is 12.1 Å². The Kier molecular flexibility index (Phi) is 5.70. The zero-order valence-electron chi connectivity index (χ0n) is 14.7. The smallest absolute Gasteiger partial charge is 0.271 e. The van der Waals surface area contributed by atoms with Crippen LogP contribution in [-0.2, 0) is 10.0 Å². The summed E-state index contributed by atoms with van der Waals surface area (Å²) in [4.78, 5) is 36.2. The number of carbonyl (C=O) groups is 1. The number of nitrogens with one attached hydrogen (secondary N) is 2. The van der Waals surface area contributed by atoms with Gasteiger partial charge in [-0.2, -0.15) is 0 Å². The molecule has 1 heterocycles. The predicted molar refractivity (Wildman–Crippen MR) is 107 cm³/mol. The number of nitrogens with zero attached hydrogens (tertiary/aromatic N) is 3. The second kappa shape index (κ2) is 8.22. The van der Waals surface area contributed by atoms with Crippen molar-refractivity contribution in [3.63, 3.8) is 0 Å². The molecule has 2 N–H and O–H groups in total. The molecule has 0 saturated heterocycles. The number of non-ortho nitro benzene ring substituents is 2. The minimum absolute atomic E-state index is 0.121. The molecule has 0 atom stereocenters. The molecule has 30 heavy (non-hydrogen) atoms. The van der Waals surface area contributed by atoms with E-state index in [4.69, 9.17) is 0 Å². The monoisotopic (exact) mass is 449 g/mol. The summed E-state index contributed by atoms with van der Waals surface area (Å²) in [6.07, 6.45) is 1.44. The van der Waals surface area contributed by atoms with Crippen LogP contribution in [0.1, 0.15) is 10.4 Å². The Balaban J connectivity index is 1.98. The molecule has 0 radical (unpaired) electrons. The number of carbonyl (C=O) groups excluding carboxylic acids is 1. The lowest BCUT2D eigenvalue weighted by Gasteiger charge is -2.10. The number of thiazole rings is 1. The third-order valence-electron chi connectivity index (χ3n) is 3.64. The Labute approximate surface area is 172 Å². The molecule has 0 aliphatic carbocycles. The van der Waals surface area contributed by atoms with Crippen molar-refractivity contribution in [2.24, 2.45) is 0 Å². The molecule has 0 aliphatic rings.